The molecule has 4 aromatic rings. The molecule has 0 radical (unpaired) electrons. The van der Waals surface area contributed by atoms with Gasteiger partial charge in [-0.1, -0.05) is 24.3 Å². The number of hydrogen-bond donors (Lipinski definition) is 1. The minimum absolute atomic E-state index is 1.10. The number of rotatable bonds is 0. The van der Waals surface area contributed by atoms with Crippen LogP contribution in [0.3, 0.4) is 0 Å². The Bertz CT molecular complexity index is 698. The highest BCUT2D eigenvalue weighted by molar-refractivity contribution is 6.06. The molecule has 3 aromatic heterocycles. The van der Waals surface area contributed by atoms with Crippen LogP contribution < -0.4 is 0 Å². The van der Waals surface area contributed by atoms with Crippen LogP contribution in [0, 0.1) is 0 Å². The largest absolute Gasteiger partial charge is 0.353 e. The molecule has 0 saturated carbocycles. The first kappa shape index (κ1) is 11.4. The van der Waals surface area contributed by atoms with Crippen molar-refractivity contribution < 1.29 is 0 Å². The van der Waals surface area contributed by atoms with E-state index in [2.05, 4.69) is 33.2 Å². The third-order valence-corrected chi connectivity index (χ3v) is 2.87. The maximum atomic E-state index is 4.08. The van der Waals surface area contributed by atoms with Crippen LogP contribution in [0.15, 0.2) is 73.3 Å². The van der Waals surface area contributed by atoms with Crippen molar-refractivity contribution in [3.8, 4) is 0 Å². The Hall–Kier alpha value is -2.68. The summed E-state index contributed by atoms with van der Waals surface area (Å²) in [6, 6.07) is 16.0. The molecule has 0 spiro atoms. The van der Waals surface area contributed by atoms with E-state index in [-0.39, 0.29) is 0 Å². The van der Waals surface area contributed by atoms with Crippen LogP contribution in [0.25, 0.3) is 21.8 Å². The first-order valence-electron chi connectivity index (χ1n) is 6.10. The molecule has 3 heterocycles. The Morgan fingerprint density at radius 2 is 1.42 bits per heavy atom. The van der Waals surface area contributed by atoms with Gasteiger partial charge in [0.2, 0.25) is 0 Å². The summed E-state index contributed by atoms with van der Waals surface area (Å²) in [5.74, 6) is 0. The molecule has 1 aromatic carbocycles. The van der Waals surface area contributed by atoms with Gasteiger partial charge in [0.1, 0.15) is 0 Å². The minimum Gasteiger partial charge on any atom is -0.353 e. The number of nitrogens with one attached hydrogen (secondary N) is 1. The number of pyridine rings is 2. The fourth-order valence-corrected chi connectivity index (χ4v) is 2.01. The van der Waals surface area contributed by atoms with Gasteiger partial charge in [0.25, 0.3) is 0 Å². The summed E-state index contributed by atoms with van der Waals surface area (Å²) >= 11 is 0. The van der Waals surface area contributed by atoms with Crippen molar-refractivity contribution in [1.29, 1.82) is 0 Å². The third kappa shape index (κ3) is 2.45. The molecule has 0 unspecified atom stereocenters. The topological polar surface area (TPSA) is 41.6 Å². The summed E-state index contributed by atoms with van der Waals surface area (Å²) in [5, 5.41) is 2.51. The number of nitrogens with zero attached hydrogens (tertiary/aromatic N) is 2. The number of H-pyrrole nitrogens is 1. The lowest BCUT2D eigenvalue weighted by atomic mass is 10.2. The molecule has 0 aliphatic heterocycles. The molecular formula is C16H13N3. The molecule has 1 N–H and O–H groups in total. The number of aromatic amines is 1. The Morgan fingerprint density at radius 3 is 2.16 bits per heavy atom. The van der Waals surface area contributed by atoms with E-state index in [0.29, 0.717) is 0 Å². The maximum absolute atomic E-state index is 4.08. The third-order valence-electron chi connectivity index (χ3n) is 2.87. The number of hydrogen-bond acceptors (Lipinski definition) is 2. The van der Waals surface area contributed by atoms with Gasteiger partial charge in [-0.15, -0.1) is 0 Å². The van der Waals surface area contributed by atoms with E-state index in [4.69, 9.17) is 0 Å². The van der Waals surface area contributed by atoms with Crippen molar-refractivity contribution in [3.63, 3.8) is 0 Å². The van der Waals surface area contributed by atoms with Crippen LogP contribution >= 0.6 is 0 Å². The predicted molar refractivity (Wildman–Crippen MR) is 77.8 cm³/mol. The van der Waals surface area contributed by atoms with Crippen LogP contribution in [-0.2, 0) is 0 Å². The number of aromatic nitrogens is 3. The van der Waals surface area contributed by atoms with Crippen molar-refractivity contribution >= 4 is 21.8 Å². The highest BCUT2D eigenvalue weighted by Crippen LogP contribution is 2.23. The van der Waals surface area contributed by atoms with Gasteiger partial charge in [0.05, 0.1) is 11.7 Å². The van der Waals surface area contributed by atoms with E-state index >= 15 is 0 Å². The van der Waals surface area contributed by atoms with Crippen LogP contribution in [0.4, 0.5) is 0 Å². The van der Waals surface area contributed by atoms with Gasteiger partial charge in [-0.3, -0.25) is 9.97 Å². The average molecular weight is 247 g/mol. The Balaban J connectivity index is 0.000000155. The Kier molecular flexibility index (Phi) is 3.19. The lowest BCUT2D eigenvalue weighted by Crippen LogP contribution is -1.68. The van der Waals surface area contributed by atoms with Crippen LogP contribution in [0.1, 0.15) is 0 Å². The number of para-hydroxylation sites is 1. The molecular weight excluding hydrogens is 234 g/mol. The highest BCUT2D eigenvalue weighted by atomic mass is 14.7. The molecule has 0 aliphatic carbocycles. The van der Waals surface area contributed by atoms with E-state index in [9.17, 15) is 0 Å². The zero-order chi connectivity index (χ0) is 12.9. The van der Waals surface area contributed by atoms with Crippen molar-refractivity contribution in [1.82, 2.24) is 15.0 Å². The van der Waals surface area contributed by atoms with Gasteiger partial charge >= 0.3 is 0 Å². The zero-order valence-electron chi connectivity index (χ0n) is 10.3. The summed E-state index contributed by atoms with van der Waals surface area (Å²) in [7, 11) is 0. The summed E-state index contributed by atoms with van der Waals surface area (Å²) in [6.45, 7) is 0. The quantitative estimate of drug-likeness (QED) is 0.513. The monoisotopic (exact) mass is 247 g/mol. The molecule has 19 heavy (non-hydrogen) atoms. The fourth-order valence-electron chi connectivity index (χ4n) is 2.01. The lowest BCUT2D eigenvalue weighted by molar-refractivity contribution is 1.33. The molecule has 3 nitrogen and oxygen atoms in total. The van der Waals surface area contributed by atoms with Gasteiger partial charge in [0, 0.05) is 34.9 Å². The summed E-state index contributed by atoms with van der Waals surface area (Å²) in [6.07, 6.45) is 7.18. The smallest absolute Gasteiger partial charge is 0.0651 e. The maximum Gasteiger partial charge on any atom is 0.0651 e. The molecule has 0 atom stereocenters. The lowest BCUT2D eigenvalue weighted by Gasteiger charge is -1.87. The van der Waals surface area contributed by atoms with Crippen molar-refractivity contribution in [2.24, 2.45) is 0 Å². The van der Waals surface area contributed by atoms with Gasteiger partial charge in [-0.25, -0.2) is 0 Å². The number of fused-ring (bicyclic) bond motifs is 3. The second kappa shape index (κ2) is 5.31. The molecule has 0 amide bonds. The molecule has 4 rings (SSSR count). The van der Waals surface area contributed by atoms with Gasteiger partial charge < -0.3 is 4.98 Å². The zero-order valence-corrected chi connectivity index (χ0v) is 10.3. The summed E-state index contributed by atoms with van der Waals surface area (Å²) in [4.78, 5) is 11.2. The summed E-state index contributed by atoms with van der Waals surface area (Å²) < 4.78 is 0. The SMILES string of the molecule is c1ccc2c(c1)[nH]c1cnccc12.c1ccncc1. The van der Waals surface area contributed by atoms with E-state index in [1.54, 1.807) is 12.4 Å². The molecule has 92 valence electrons. The minimum atomic E-state index is 1.10. The van der Waals surface area contributed by atoms with E-state index < -0.39 is 0 Å². The van der Waals surface area contributed by atoms with Gasteiger partial charge in [-0.2, -0.15) is 0 Å². The first-order chi connectivity index (χ1) is 9.45. The second-order valence-electron chi connectivity index (χ2n) is 4.12. The van der Waals surface area contributed by atoms with E-state index in [1.807, 2.05) is 42.7 Å². The first-order valence-corrected chi connectivity index (χ1v) is 6.10. The standard InChI is InChI=1S/C11H8N2.C5H5N/c1-2-4-10-8(3-1)9-5-6-12-7-11(9)13-10;1-2-4-6-5-3-1/h1-7,13H;1-5H. The van der Waals surface area contributed by atoms with Gasteiger partial charge in [-0.05, 0) is 24.3 Å². The van der Waals surface area contributed by atoms with E-state index in [0.717, 1.165) is 5.52 Å². The molecule has 3 heteroatoms. The molecule has 0 saturated heterocycles. The Morgan fingerprint density at radius 1 is 0.632 bits per heavy atom. The van der Waals surface area contributed by atoms with Gasteiger partial charge in [0.15, 0.2) is 0 Å². The van der Waals surface area contributed by atoms with Crippen LogP contribution in [-0.4, -0.2) is 15.0 Å². The molecule has 0 aliphatic rings. The highest BCUT2D eigenvalue weighted by Gasteiger charge is 2.00. The molecule has 0 bridgehead atoms. The Labute approximate surface area is 111 Å². The van der Waals surface area contributed by atoms with Crippen LogP contribution in [0.2, 0.25) is 0 Å². The van der Waals surface area contributed by atoms with Crippen molar-refractivity contribution in [3.05, 3.63) is 73.3 Å². The van der Waals surface area contributed by atoms with Crippen LogP contribution in [0.5, 0.6) is 0 Å². The molecule has 0 fully saturated rings. The van der Waals surface area contributed by atoms with E-state index in [1.165, 1.54) is 16.3 Å². The van der Waals surface area contributed by atoms with Crippen molar-refractivity contribution in [2.75, 3.05) is 0 Å². The number of benzene rings is 1. The fraction of sp³-hybridized carbons (Fsp3) is 0. The average Bonchev–Trinajstić information content (AvgIpc) is 2.88. The normalized spacial score (nSPS) is 10.1. The summed E-state index contributed by atoms with van der Waals surface area (Å²) in [5.41, 5.74) is 2.27. The predicted octanol–water partition coefficient (Wildman–Crippen LogP) is 3.80. The second-order valence-corrected chi connectivity index (χ2v) is 4.12. The van der Waals surface area contributed by atoms with Crippen molar-refractivity contribution in [2.45, 2.75) is 0 Å².